The van der Waals surface area contributed by atoms with Crippen LogP contribution in [0.3, 0.4) is 0 Å². The summed E-state index contributed by atoms with van der Waals surface area (Å²) in [6.07, 6.45) is -0.968. The highest BCUT2D eigenvalue weighted by Crippen LogP contribution is 2.21. The van der Waals surface area contributed by atoms with Crippen LogP contribution in [0.25, 0.3) is 0 Å². The molecule has 8 heteroatoms. The number of nitrogens with zero attached hydrogens (tertiary/aromatic N) is 2. The molecule has 132 valence electrons. The van der Waals surface area contributed by atoms with Gasteiger partial charge in [-0.1, -0.05) is 6.07 Å². The minimum absolute atomic E-state index is 0.311. The van der Waals surface area contributed by atoms with Gasteiger partial charge >= 0.3 is 5.97 Å². The van der Waals surface area contributed by atoms with Crippen LogP contribution in [-0.2, 0) is 9.59 Å². The summed E-state index contributed by atoms with van der Waals surface area (Å²) < 4.78 is 32.0. The van der Waals surface area contributed by atoms with Crippen LogP contribution in [0.1, 0.15) is 13.8 Å². The minimum Gasteiger partial charge on any atom is -0.480 e. The van der Waals surface area contributed by atoms with E-state index < -0.39 is 29.7 Å². The van der Waals surface area contributed by atoms with Gasteiger partial charge in [-0.25, -0.2) is 4.39 Å². The number of carbonyl (C=O) groups excluding carboxylic acids is 1. The largest absolute Gasteiger partial charge is 0.480 e. The summed E-state index contributed by atoms with van der Waals surface area (Å²) in [5, 5.41) is 9.00. The van der Waals surface area contributed by atoms with Gasteiger partial charge in [0.2, 0.25) is 5.82 Å². The van der Waals surface area contributed by atoms with Crippen molar-refractivity contribution in [3.8, 4) is 5.75 Å². The number of benzene rings is 1. The quantitative estimate of drug-likeness (QED) is 0.875. The lowest BCUT2D eigenvalue weighted by Gasteiger charge is -2.37. The molecule has 1 fully saturated rings. The summed E-state index contributed by atoms with van der Waals surface area (Å²) in [5.41, 5.74) is 0. The molecule has 1 saturated heterocycles. The Labute approximate surface area is 138 Å². The number of hydrogen-bond donors (Lipinski definition) is 1. The SMILES string of the molecule is C[C@H](Oc1cccc(F)c1F)C(=O)N1CCN([C@@H](C)C(=O)O)CC1. The van der Waals surface area contributed by atoms with Crippen LogP contribution in [0, 0.1) is 11.6 Å². The predicted molar refractivity (Wildman–Crippen MR) is 81.7 cm³/mol. The number of aliphatic carboxylic acids is 1. The molecule has 0 unspecified atom stereocenters. The van der Waals surface area contributed by atoms with E-state index >= 15 is 0 Å². The van der Waals surface area contributed by atoms with Crippen molar-refractivity contribution in [1.82, 2.24) is 9.80 Å². The molecular weight excluding hydrogens is 322 g/mol. The number of piperazine rings is 1. The maximum Gasteiger partial charge on any atom is 0.320 e. The summed E-state index contributed by atoms with van der Waals surface area (Å²) in [4.78, 5) is 26.6. The maximum absolute atomic E-state index is 13.6. The Hall–Kier alpha value is -2.22. The molecule has 0 aromatic heterocycles. The summed E-state index contributed by atoms with van der Waals surface area (Å²) in [7, 11) is 0. The van der Waals surface area contributed by atoms with Crippen molar-refractivity contribution in [1.29, 1.82) is 0 Å². The van der Waals surface area contributed by atoms with Gasteiger partial charge in [-0.3, -0.25) is 14.5 Å². The van der Waals surface area contributed by atoms with E-state index in [-0.39, 0.29) is 11.7 Å². The lowest BCUT2D eigenvalue weighted by Crippen LogP contribution is -2.55. The van der Waals surface area contributed by atoms with Gasteiger partial charge < -0.3 is 14.7 Å². The number of hydrogen-bond acceptors (Lipinski definition) is 4. The van der Waals surface area contributed by atoms with Gasteiger partial charge in [-0.15, -0.1) is 0 Å². The molecule has 1 amide bonds. The molecule has 24 heavy (non-hydrogen) atoms. The molecule has 0 radical (unpaired) electrons. The van der Waals surface area contributed by atoms with Crippen LogP contribution in [0.5, 0.6) is 5.75 Å². The average molecular weight is 342 g/mol. The van der Waals surface area contributed by atoms with Gasteiger partial charge in [0, 0.05) is 26.2 Å². The Kier molecular flexibility index (Phi) is 5.71. The molecule has 2 rings (SSSR count). The molecule has 0 spiro atoms. The number of ether oxygens (including phenoxy) is 1. The molecular formula is C16H20F2N2O4. The van der Waals surface area contributed by atoms with Crippen molar-refractivity contribution in [2.24, 2.45) is 0 Å². The molecule has 2 atom stereocenters. The number of carbonyl (C=O) groups is 2. The number of amides is 1. The van der Waals surface area contributed by atoms with E-state index in [2.05, 4.69) is 0 Å². The Morgan fingerprint density at radius 3 is 2.38 bits per heavy atom. The Morgan fingerprint density at radius 1 is 1.17 bits per heavy atom. The van der Waals surface area contributed by atoms with E-state index in [4.69, 9.17) is 9.84 Å². The van der Waals surface area contributed by atoms with Crippen molar-refractivity contribution in [3.05, 3.63) is 29.8 Å². The summed E-state index contributed by atoms with van der Waals surface area (Å²) >= 11 is 0. The molecule has 1 N–H and O–H groups in total. The minimum atomic E-state index is -1.13. The van der Waals surface area contributed by atoms with Crippen LogP contribution < -0.4 is 4.74 Å². The monoisotopic (exact) mass is 342 g/mol. The number of carboxylic acid groups (broad SMARTS) is 1. The molecule has 1 aliphatic rings. The summed E-state index contributed by atoms with van der Waals surface area (Å²) in [6.45, 7) is 4.64. The van der Waals surface area contributed by atoms with E-state index in [1.807, 2.05) is 0 Å². The van der Waals surface area contributed by atoms with Crippen LogP contribution >= 0.6 is 0 Å². The van der Waals surface area contributed by atoms with Gasteiger partial charge in [0.05, 0.1) is 0 Å². The Balaban J connectivity index is 1.93. The highest BCUT2D eigenvalue weighted by atomic mass is 19.2. The lowest BCUT2D eigenvalue weighted by molar-refractivity contribution is -0.145. The van der Waals surface area contributed by atoms with E-state index in [0.29, 0.717) is 26.2 Å². The predicted octanol–water partition coefficient (Wildman–Crippen LogP) is 1.35. The molecule has 1 aromatic rings. The van der Waals surface area contributed by atoms with Gasteiger partial charge in [0.25, 0.3) is 5.91 Å². The fraction of sp³-hybridized carbons (Fsp3) is 0.500. The van der Waals surface area contributed by atoms with Crippen LogP contribution in [0.2, 0.25) is 0 Å². The Bertz CT molecular complexity index is 618. The zero-order valence-electron chi connectivity index (χ0n) is 13.5. The Morgan fingerprint density at radius 2 is 1.79 bits per heavy atom. The second kappa shape index (κ2) is 7.57. The van der Waals surface area contributed by atoms with E-state index in [1.165, 1.54) is 24.0 Å². The van der Waals surface area contributed by atoms with Crippen molar-refractivity contribution >= 4 is 11.9 Å². The van der Waals surface area contributed by atoms with E-state index in [9.17, 15) is 18.4 Å². The van der Waals surface area contributed by atoms with Crippen LogP contribution in [0.4, 0.5) is 8.78 Å². The normalized spacial score (nSPS) is 18.1. The highest BCUT2D eigenvalue weighted by molar-refractivity contribution is 5.81. The number of rotatable bonds is 5. The van der Waals surface area contributed by atoms with Crippen LogP contribution in [-0.4, -0.2) is 65.1 Å². The molecule has 1 aromatic carbocycles. The van der Waals surface area contributed by atoms with Crippen LogP contribution in [0.15, 0.2) is 18.2 Å². The van der Waals surface area contributed by atoms with Gasteiger partial charge in [-0.05, 0) is 26.0 Å². The second-order valence-electron chi connectivity index (χ2n) is 5.69. The zero-order chi connectivity index (χ0) is 17.9. The third-order valence-electron chi connectivity index (χ3n) is 4.10. The first-order chi connectivity index (χ1) is 11.3. The summed E-state index contributed by atoms with van der Waals surface area (Å²) in [5.74, 6) is -3.73. The van der Waals surface area contributed by atoms with Gasteiger partial charge in [0.1, 0.15) is 6.04 Å². The molecule has 0 bridgehead atoms. The van der Waals surface area contributed by atoms with Gasteiger partial charge in [-0.2, -0.15) is 4.39 Å². The lowest BCUT2D eigenvalue weighted by atomic mass is 10.2. The molecule has 0 aliphatic carbocycles. The fourth-order valence-corrected chi connectivity index (χ4v) is 2.56. The maximum atomic E-state index is 13.6. The van der Waals surface area contributed by atoms with Crippen molar-refractivity contribution in [2.45, 2.75) is 26.0 Å². The molecule has 1 heterocycles. The average Bonchev–Trinajstić information content (AvgIpc) is 2.57. The smallest absolute Gasteiger partial charge is 0.320 e. The highest BCUT2D eigenvalue weighted by Gasteiger charge is 2.30. The first kappa shape index (κ1) is 18.1. The van der Waals surface area contributed by atoms with E-state index in [1.54, 1.807) is 11.8 Å². The van der Waals surface area contributed by atoms with Crippen molar-refractivity contribution in [3.63, 3.8) is 0 Å². The molecule has 1 aliphatic heterocycles. The number of halogens is 2. The fourth-order valence-electron chi connectivity index (χ4n) is 2.56. The van der Waals surface area contributed by atoms with Crippen molar-refractivity contribution < 1.29 is 28.2 Å². The molecule has 0 saturated carbocycles. The first-order valence-electron chi connectivity index (χ1n) is 7.67. The summed E-state index contributed by atoms with van der Waals surface area (Å²) in [6, 6.07) is 2.92. The second-order valence-corrected chi connectivity index (χ2v) is 5.69. The van der Waals surface area contributed by atoms with E-state index in [0.717, 1.165) is 6.07 Å². The standard InChI is InChI=1S/C16H20F2N2O4/c1-10(16(22)23)19-6-8-20(9-7-19)15(21)11(2)24-13-5-3-4-12(17)14(13)18/h3-5,10-11H,6-9H2,1-2H3,(H,22,23)/t10-,11-/m0/s1. The third-order valence-corrected chi connectivity index (χ3v) is 4.10. The van der Waals surface area contributed by atoms with Crippen molar-refractivity contribution in [2.75, 3.05) is 26.2 Å². The zero-order valence-corrected chi connectivity index (χ0v) is 13.5. The number of carboxylic acids is 1. The third kappa shape index (κ3) is 4.00. The van der Waals surface area contributed by atoms with Gasteiger partial charge in [0.15, 0.2) is 17.7 Å². The first-order valence-corrected chi connectivity index (χ1v) is 7.67. The topological polar surface area (TPSA) is 70.1 Å². The molecule has 6 nitrogen and oxygen atoms in total.